The maximum absolute atomic E-state index is 12.4. The minimum atomic E-state index is -1.00. The lowest BCUT2D eigenvalue weighted by molar-refractivity contribution is -0.143. The number of carbonyl (C=O) groups excluding carboxylic acids is 5. The van der Waals surface area contributed by atoms with Crippen molar-refractivity contribution in [1.82, 2.24) is 9.80 Å². The molecule has 1 aliphatic rings. The maximum Gasteiger partial charge on any atom is 0.334 e. The minimum absolute atomic E-state index is 0.165. The zero-order valence-electron chi connectivity index (χ0n) is 16.0. The maximum atomic E-state index is 12.4. The first kappa shape index (κ1) is 20.3. The molecule has 144 valence electrons. The van der Waals surface area contributed by atoms with Crippen molar-refractivity contribution in [2.45, 2.75) is 40.7 Å². The lowest BCUT2D eigenvalue weighted by Crippen LogP contribution is -2.39. The monoisotopic (exact) mass is 373 g/mol. The molecule has 0 aromatic heterocycles. The molecule has 0 bridgehead atoms. The third kappa shape index (κ3) is 4.21. The van der Waals surface area contributed by atoms with Crippen molar-refractivity contribution in [2.24, 2.45) is 5.41 Å². The number of anilines is 1. The van der Waals surface area contributed by atoms with Gasteiger partial charge in [-0.25, -0.2) is 9.69 Å². The number of amides is 5. The highest BCUT2D eigenvalue weighted by Gasteiger charge is 2.46. The quantitative estimate of drug-likeness (QED) is 0.483. The van der Waals surface area contributed by atoms with Crippen LogP contribution in [0.1, 0.15) is 45.0 Å². The summed E-state index contributed by atoms with van der Waals surface area (Å²) in [6.45, 7) is 8.06. The first-order chi connectivity index (χ1) is 12.4. The van der Waals surface area contributed by atoms with Gasteiger partial charge >= 0.3 is 17.8 Å². The molecule has 0 aliphatic carbocycles. The van der Waals surface area contributed by atoms with Crippen LogP contribution in [0, 0.1) is 5.41 Å². The third-order valence-corrected chi connectivity index (χ3v) is 4.05. The molecule has 1 heterocycles. The van der Waals surface area contributed by atoms with Crippen LogP contribution in [0.15, 0.2) is 24.3 Å². The summed E-state index contributed by atoms with van der Waals surface area (Å²) in [7, 11) is 0. The normalized spacial score (nSPS) is 15.0. The van der Waals surface area contributed by atoms with E-state index < -0.39 is 41.6 Å². The number of carbonyl (C=O) groups is 5. The highest BCUT2D eigenvalue weighted by atomic mass is 16.2. The van der Waals surface area contributed by atoms with Crippen LogP contribution in [0.4, 0.5) is 10.5 Å². The fourth-order valence-electron chi connectivity index (χ4n) is 2.41. The van der Waals surface area contributed by atoms with Gasteiger partial charge in [0.25, 0.3) is 0 Å². The van der Waals surface area contributed by atoms with Crippen molar-refractivity contribution in [2.75, 3.05) is 11.9 Å². The van der Waals surface area contributed by atoms with Crippen molar-refractivity contribution in [3.05, 3.63) is 29.8 Å². The fourth-order valence-corrected chi connectivity index (χ4v) is 2.41. The van der Waals surface area contributed by atoms with Crippen LogP contribution < -0.4 is 5.32 Å². The average molecular weight is 373 g/mol. The third-order valence-electron chi connectivity index (χ3n) is 4.05. The lowest BCUT2D eigenvalue weighted by Gasteiger charge is -2.18. The van der Waals surface area contributed by atoms with E-state index in [0.29, 0.717) is 10.6 Å². The molecule has 5 amide bonds. The lowest BCUT2D eigenvalue weighted by atomic mass is 9.95. The highest BCUT2D eigenvalue weighted by molar-refractivity contribution is 6.45. The van der Waals surface area contributed by atoms with Gasteiger partial charge in [0.05, 0.1) is 6.54 Å². The second-order valence-electron chi connectivity index (χ2n) is 7.65. The van der Waals surface area contributed by atoms with E-state index >= 15 is 0 Å². The molecule has 0 radical (unpaired) electrons. The van der Waals surface area contributed by atoms with Gasteiger partial charge in [-0.05, 0) is 38.1 Å². The van der Waals surface area contributed by atoms with E-state index in [0.717, 1.165) is 4.90 Å². The molecular weight excluding hydrogens is 350 g/mol. The van der Waals surface area contributed by atoms with Crippen molar-refractivity contribution >= 4 is 35.2 Å². The van der Waals surface area contributed by atoms with Gasteiger partial charge in [0, 0.05) is 22.7 Å². The van der Waals surface area contributed by atoms with E-state index in [-0.39, 0.29) is 11.5 Å². The van der Waals surface area contributed by atoms with Crippen molar-refractivity contribution in [1.29, 1.82) is 0 Å². The van der Waals surface area contributed by atoms with Crippen LogP contribution in [0.2, 0.25) is 0 Å². The van der Waals surface area contributed by atoms with Crippen LogP contribution in [0.25, 0.3) is 0 Å². The number of hydrogen-bond acceptors (Lipinski definition) is 5. The number of rotatable bonds is 5. The number of ketones is 1. The largest absolute Gasteiger partial charge is 0.334 e. The molecule has 27 heavy (non-hydrogen) atoms. The summed E-state index contributed by atoms with van der Waals surface area (Å²) in [6.07, 6.45) is 0. The number of imide groups is 2. The Kier molecular flexibility index (Phi) is 5.48. The molecule has 2 rings (SSSR count). The first-order valence-corrected chi connectivity index (χ1v) is 8.57. The second-order valence-corrected chi connectivity index (χ2v) is 7.65. The molecule has 1 aliphatic heterocycles. The molecule has 0 atom stereocenters. The number of hydrogen-bond donors (Lipinski definition) is 1. The predicted octanol–water partition coefficient (Wildman–Crippen LogP) is 2.05. The van der Waals surface area contributed by atoms with Gasteiger partial charge in [-0.15, -0.1) is 0 Å². The van der Waals surface area contributed by atoms with Gasteiger partial charge in [0.1, 0.15) is 0 Å². The second kappa shape index (κ2) is 7.30. The standard InChI is InChI=1S/C19H23N3O5/c1-11(2)22-16(25)15(24)21(18(22)27)10-14(23)12-6-8-13(9-7-12)20-17(26)19(3,4)5/h6-9,11H,10H2,1-5H3,(H,20,26). The smallest absolute Gasteiger partial charge is 0.326 e. The van der Waals surface area contributed by atoms with Crippen molar-refractivity contribution < 1.29 is 24.0 Å². The fraction of sp³-hybridized carbons (Fsp3) is 0.421. The first-order valence-electron chi connectivity index (χ1n) is 8.57. The molecule has 1 fully saturated rings. The number of nitrogens with one attached hydrogen (secondary N) is 1. The molecule has 1 saturated heterocycles. The average Bonchev–Trinajstić information content (AvgIpc) is 2.78. The minimum Gasteiger partial charge on any atom is -0.326 e. The Labute approximate surface area is 157 Å². The summed E-state index contributed by atoms with van der Waals surface area (Å²) >= 11 is 0. The van der Waals surface area contributed by atoms with Gasteiger partial charge in [-0.2, -0.15) is 0 Å². The van der Waals surface area contributed by atoms with E-state index in [1.807, 2.05) is 0 Å². The Morgan fingerprint density at radius 1 is 1.00 bits per heavy atom. The molecule has 0 spiro atoms. The molecule has 1 aromatic rings. The Morgan fingerprint density at radius 3 is 2.00 bits per heavy atom. The van der Waals surface area contributed by atoms with Crippen molar-refractivity contribution in [3.63, 3.8) is 0 Å². The van der Waals surface area contributed by atoms with E-state index in [4.69, 9.17) is 0 Å². The summed E-state index contributed by atoms with van der Waals surface area (Å²) in [5, 5.41) is 2.74. The summed E-state index contributed by atoms with van der Waals surface area (Å²) < 4.78 is 0. The summed E-state index contributed by atoms with van der Waals surface area (Å²) in [6, 6.07) is 4.86. The number of urea groups is 1. The topological polar surface area (TPSA) is 104 Å². The predicted molar refractivity (Wildman–Crippen MR) is 97.9 cm³/mol. The summed E-state index contributed by atoms with van der Waals surface area (Å²) in [4.78, 5) is 61.9. The molecule has 8 heteroatoms. The zero-order chi connectivity index (χ0) is 20.5. The van der Waals surface area contributed by atoms with Gasteiger partial charge in [-0.3, -0.25) is 24.1 Å². The van der Waals surface area contributed by atoms with Crippen LogP contribution in [-0.2, 0) is 14.4 Å². The summed E-state index contributed by atoms with van der Waals surface area (Å²) in [5.74, 6) is -2.58. The number of nitrogens with zero attached hydrogens (tertiary/aromatic N) is 2. The van der Waals surface area contributed by atoms with E-state index in [1.165, 1.54) is 12.1 Å². The molecule has 0 unspecified atom stereocenters. The number of Topliss-reactive ketones (excluding diaryl/α,β-unsaturated/α-hetero) is 1. The van der Waals surface area contributed by atoms with Crippen molar-refractivity contribution in [3.8, 4) is 0 Å². The van der Waals surface area contributed by atoms with Gasteiger partial charge in [-0.1, -0.05) is 20.8 Å². The Hall–Kier alpha value is -3.03. The zero-order valence-corrected chi connectivity index (χ0v) is 16.0. The van der Waals surface area contributed by atoms with Gasteiger partial charge in [0.15, 0.2) is 5.78 Å². The number of benzene rings is 1. The Balaban J connectivity index is 2.08. The highest BCUT2D eigenvalue weighted by Crippen LogP contribution is 2.19. The molecule has 8 nitrogen and oxygen atoms in total. The van der Waals surface area contributed by atoms with E-state index in [1.54, 1.807) is 46.8 Å². The molecule has 1 aromatic carbocycles. The SMILES string of the molecule is CC(C)N1C(=O)C(=O)N(CC(=O)c2ccc(NC(=O)C(C)(C)C)cc2)C1=O. The van der Waals surface area contributed by atoms with E-state index in [9.17, 15) is 24.0 Å². The molecule has 0 saturated carbocycles. The molecular formula is C19H23N3O5. The van der Waals surface area contributed by atoms with E-state index in [2.05, 4.69) is 5.32 Å². The van der Waals surface area contributed by atoms with Crippen LogP contribution in [0.5, 0.6) is 0 Å². The summed E-state index contributed by atoms with van der Waals surface area (Å²) in [5.41, 5.74) is 0.237. The Bertz CT molecular complexity index is 806. The van der Waals surface area contributed by atoms with Gasteiger partial charge in [0.2, 0.25) is 5.91 Å². The Morgan fingerprint density at radius 2 is 1.56 bits per heavy atom. The van der Waals surface area contributed by atoms with Crippen LogP contribution in [0.3, 0.4) is 0 Å². The van der Waals surface area contributed by atoms with Crippen LogP contribution >= 0.6 is 0 Å². The van der Waals surface area contributed by atoms with Crippen LogP contribution in [-0.4, -0.2) is 51.9 Å². The van der Waals surface area contributed by atoms with Gasteiger partial charge < -0.3 is 5.32 Å². The molecule has 1 N–H and O–H groups in total.